The number of carbonyl (C=O) groups is 1. The first-order valence-electron chi connectivity index (χ1n) is 12.8. The molecule has 35 heavy (non-hydrogen) atoms. The second-order valence-electron chi connectivity index (χ2n) is 11.2. The largest absolute Gasteiger partial charge is 0.366 e. The second-order valence-corrected chi connectivity index (χ2v) is 11.2. The van der Waals surface area contributed by atoms with E-state index in [1.54, 1.807) is 12.1 Å². The summed E-state index contributed by atoms with van der Waals surface area (Å²) in [6, 6.07) is 5.63. The van der Waals surface area contributed by atoms with Gasteiger partial charge in [-0.25, -0.2) is 0 Å². The zero-order valence-electron chi connectivity index (χ0n) is 21.3. The van der Waals surface area contributed by atoms with Gasteiger partial charge in [0.05, 0.1) is 0 Å². The van der Waals surface area contributed by atoms with E-state index >= 15 is 0 Å². The lowest BCUT2D eigenvalue weighted by atomic mass is 9.45. The minimum absolute atomic E-state index is 0.286. The van der Waals surface area contributed by atoms with Crippen LogP contribution in [-0.2, 0) is 0 Å². The van der Waals surface area contributed by atoms with Gasteiger partial charge >= 0.3 is 0 Å². The van der Waals surface area contributed by atoms with Gasteiger partial charge in [-0.2, -0.15) is 15.0 Å². The van der Waals surface area contributed by atoms with Gasteiger partial charge in [0.2, 0.25) is 23.8 Å². The zero-order valence-corrected chi connectivity index (χ0v) is 21.3. The van der Waals surface area contributed by atoms with Gasteiger partial charge < -0.3 is 26.6 Å². The average Bonchev–Trinajstić information content (AvgIpc) is 3.33. The first-order chi connectivity index (χ1) is 16.7. The number of primary amides is 1. The van der Waals surface area contributed by atoms with Crippen molar-refractivity contribution in [2.24, 2.45) is 28.9 Å². The summed E-state index contributed by atoms with van der Waals surface area (Å²) < 4.78 is 0. The van der Waals surface area contributed by atoms with E-state index < -0.39 is 5.91 Å². The molecular formula is C26H38N8O. The van der Waals surface area contributed by atoms with Gasteiger partial charge in [0.25, 0.3) is 0 Å². The molecule has 4 aliphatic rings. The zero-order chi connectivity index (χ0) is 24.7. The Morgan fingerprint density at radius 1 is 1.20 bits per heavy atom. The number of nitrogens with zero attached hydrogens (tertiary/aromatic N) is 4. The molecule has 6 rings (SSSR count). The number of amides is 1. The molecule has 0 radical (unpaired) electrons. The van der Waals surface area contributed by atoms with Gasteiger partial charge in [-0.15, -0.1) is 0 Å². The number of hydrogen-bond donors (Lipinski definition) is 4. The van der Waals surface area contributed by atoms with Gasteiger partial charge in [0.1, 0.15) is 0 Å². The van der Waals surface area contributed by atoms with Crippen molar-refractivity contribution in [2.45, 2.75) is 52.5 Å². The number of carbonyl (C=O) groups excluding carboxylic acids is 1. The summed E-state index contributed by atoms with van der Waals surface area (Å²) in [5, 5.41) is 10.2. The lowest BCUT2D eigenvalue weighted by molar-refractivity contribution is -0.102. The van der Waals surface area contributed by atoms with E-state index in [9.17, 15) is 4.79 Å². The summed E-state index contributed by atoms with van der Waals surface area (Å²) in [6.07, 6.45) is 4.98. The number of hydrogen-bond acceptors (Lipinski definition) is 8. The third kappa shape index (κ3) is 4.78. The third-order valence-corrected chi connectivity index (χ3v) is 8.64. The fraction of sp³-hybridized carbons (Fsp3) is 0.615. The molecule has 3 saturated carbocycles. The summed E-state index contributed by atoms with van der Waals surface area (Å²) in [5.74, 6) is 3.51. The molecule has 188 valence electrons. The first-order valence-corrected chi connectivity index (χ1v) is 12.8. The number of nitrogens with two attached hydrogens (primary N) is 1. The topological polar surface area (TPSA) is 121 Å². The number of nitrogens with one attached hydrogen (secondary N) is 3. The number of benzene rings is 1. The van der Waals surface area contributed by atoms with Crippen LogP contribution in [0, 0.1) is 30.1 Å². The Bertz CT molecular complexity index is 1090. The number of aryl methyl sites for hydroxylation is 1. The number of rotatable bonds is 8. The first kappa shape index (κ1) is 23.8. The lowest BCUT2D eigenvalue weighted by Crippen LogP contribution is -2.54. The van der Waals surface area contributed by atoms with E-state index in [0.29, 0.717) is 34.7 Å². The van der Waals surface area contributed by atoms with Gasteiger partial charge in [-0.05, 0) is 80.0 Å². The van der Waals surface area contributed by atoms with Crippen LogP contribution in [0.1, 0.15) is 55.5 Å². The summed E-state index contributed by atoms with van der Waals surface area (Å²) in [6.45, 7) is 9.65. The average molecular weight is 479 g/mol. The SMILES string of the molecule is Cc1ccc(C(N)=O)cc1Nc1nc(N[C@@H]2CCNC2)nc(N(C)C[C@@H]2CC[C@@H]3C[C@H]2C3(C)C)n1. The Labute approximate surface area is 207 Å². The molecule has 5 N–H and O–H groups in total. The number of anilines is 4. The molecule has 1 amide bonds. The Balaban J connectivity index is 1.40. The smallest absolute Gasteiger partial charge is 0.248 e. The highest BCUT2D eigenvalue weighted by Gasteiger charge is 2.54. The highest BCUT2D eigenvalue weighted by Crippen LogP contribution is 2.61. The number of aromatic nitrogens is 3. The van der Waals surface area contributed by atoms with Crippen molar-refractivity contribution in [2.75, 3.05) is 42.2 Å². The van der Waals surface area contributed by atoms with Crippen LogP contribution in [0.2, 0.25) is 0 Å². The van der Waals surface area contributed by atoms with Crippen molar-refractivity contribution in [1.82, 2.24) is 20.3 Å². The molecule has 4 atom stereocenters. The molecule has 9 nitrogen and oxygen atoms in total. The molecule has 4 fully saturated rings. The van der Waals surface area contributed by atoms with Crippen molar-refractivity contribution in [3.05, 3.63) is 29.3 Å². The minimum atomic E-state index is -0.464. The summed E-state index contributed by atoms with van der Waals surface area (Å²) in [5.41, 5.74) is 8.12. The summed E-state index contributed by atoms with van der Waals surface area (Å²) >= 11 is 0. The third-order valence-electron chi connectivity index (χ3n) is 8.64. The molecule has 9 heteroatoms. The van der Waals surface area contributed by atoms with E-state index in [2.05, 4.69) is 46.7 Å². The summed E-state index contributed by atoms with van der Waals surface area (Å²) in [4.78, 5) is 28.1. The fourth-order valence-corrected chi connectivity index (χ4v) is 6.26. The Kier molecular flexibility index (Phi) is 6.29. The molecule has 1 saturated heterocycles. The molecule has 0 unspecified atom stereocenters. The van der Waals surface area contributed by atoms with E-state index in [0.717, 1.165) is 49.1 Å². The van der Waals surface area contributed by atoms with E-state index in [1.165, 1.54) is 19.3 Å². The van der Waals surface area contributed by atoms with Crippen LogP contribution in [0.3, 0.4) is 0 Å². The maximum Gasteiger partial charge on any atom is 0.248 e. The second kappa shape index (κ2) is 9.26. The standard InChI is InChI=1S/C26H38N8O/c1-15-5-6-16(22(27)35)11-21(15)30-24-31-23(29-19-9-10-28-13-19)32-25(33-24)34(4)14-17-7-8-18-12-20(17)26(18,2)3/h5-6,11,17-20,28H,7-10,12-14H2,1-4H3,(H2,27,35)(H2,29,30,31,32,33)/t17-,18+,19+,20+/m0/s1. The highest BCUT2D eigenvalue weighted by molar-refractivity contribution is 5.94. The van der Waals surface area contributed by atoms with Crippen LogP contribution in [0.15, 0.2) is 18.2 Å². The van der Waals surface area contributed by atoms with E-state index in [1.807, 2.05) is 13.0 Å². The van der Waals surface area contributed by atoms with Gasteiger partial charge in [0, 0.05) is 37.4 Å². The molecule has 2 heterocycles. The monoisotopic (exact) mass is 478 g/mol. The van der Waals surface area contributed by atoms with Crippen molar-refractivity contribution in [3.8, 4) is 0 Å². The van der Waals surface area contributed by atoms with E-state index in [4.69, 9.17) is 15.7 Å². The Hall–Kier alpha value is -2.94. The molecule has 0 spiro atoms. The molecular weight excluding hydrogens is 440 g/mol. The minimum Gasteiger partial charge on any atom is -0.366 e. The van der Waals surface area contributed by atoms with Crippen LogP contribution >= 0.6 is 0 Å². The van der Waals surface area contributed by atoms with Crippen LogP contribution in [0.25, 0.3) is 0 Å². The molecule has 1 aromatic heterocycles. The number of fused-ring (bicyclic) bond motifs is 2. The van der Waals surface area contributed by atoms with Crippen molar-refractivity contribution >= 4 is 29.4 Å². The summed E-state index contributed by atoms with van der Waals surface area (Å²) in [7, 11) is 2.08. The van der Waals surface area contributed by atoms with Crippen molar-refractivity contribution < 1.29 is 4.79 Å². The maximum atomic E-state index is 11.7. The molecule has 1 aromatic carbocycles. The Morgan fingerprint density at radius 3 is 2.69 bits per heavy atom. The van der Waals surface area contributed by atoms with Crippen LogP contribution in [0.4, 0.5) is 23.5 Å². The predicted octanol–water partition coefficient (Wildman–Crippen LogP) is 3.30. The molecule has 2 bridgehead atoms. The molecule has 3 aliphatic carbocycles. The van der Waals surface area contributed by atoms with Crippen LogP contribution in [0.5, 0.6) is 0 Å². The van der Waals surface area contributed by atoms with Crippen LogP contribution in [-0.4, -0.2) is 53.6 Å². The molecule has 1 aliphatic heterocycles. The fourth-order valence-electron chi connectivity index (χ4n) is 6.26. The normalized spacial score (nSPS) is 26.6. The van der Waals surface area contributed by atoms with Crippen molar-refractivity contribution in [1.29, 1.82) is 0 Å². The van der Waals surface area contributed by atoms with Crippen LogP contribution < -0.4 is 26.6 Å². The maximum absolute atomic E-state index is 11.7. The lowest BCUT2D eigenvalue weighted by Gasteiger charge is -2.60. The quantitative estimate of drug-likeness (QED) is 0.456. The van der Waals surface area contributed by atoms with Gasteiger partial charge in [-0.3, -0.25) is 4.79 Å². The molecule has 2 aromatic rings. The van der Waals surface area contributed by atoms with Crippen molar-refractivity contribution in [3.63, 3.8) is 0 Å². The van der Waals surface area contributed by atoms with Gasteiger partial charge in [0.15, 0.2) is 0 Å². The highest BCUT2D eigenvalue weighted by atomic mass is 16.1. The van der Waals surface area contributed by atoms with Gasteiger partial charge in [-0.1, -0.05) is 19.9 Å². The Morgan fingerprint density at radius 2 is 2.00 bits per heavy atom. The van der Waals surface area contributed by atoms with E-state index in [-0.39, 0.29) is 6.04 Å². The predicted molar refractivity (Wildman–Crippen MR) is 139 cm³/mol.